The van der Waals surface area contributed by atoms with Gasteiger partial charge in [0.05, 0.1) is 6.04 Å². The quantitative estimate of drug-likeness (QED) is 0.782. The van der Waals surface area contributed by atoms with Crippen molar-refractivity contribution in [2.24, 2.45) is 0 Å². The molecule has 0 aromatic heterocycles. The third kappa shape index (κ3) is 3.26. The van der Waals surface area contributed by atoms with E-state index in [2.05, 4.69) is 12.1 Å². The second-order valence-corrected chi connectivity index (χ2v) is 6.89. The Labute approximate surface area is 147 Å². The Balaban J connectivity index is 1.67. The van der Waals surface area contributed by atoms with Crippen molar-refractivity contribution < 1.29 is 13.9 Å². The van der Waals surface area contributed by atoms with Gasteiger partial charge in [-0.15, -0.1) is 0 Å². The fourth-order valence-electron chi connectivity index (χ4n) is 3.98. The van der Waals surface area contributed by atoms with Gasteiger partial charge in [-0.2, -0.15) is 0 Å². The summed E-state index contributed by atoms with van der Waals surface area (Å²) in [7, 11) is 0. The van der Waals surface area contributed by atoms with Gasteiger partial charge in [0.2, 0.25) is 0 Å². The lowest BCUT2D eigenvalue weighted by Gasteiger charge is -2.37. The number of nitrogens with zero attached hydrogens (tertiary/aromatic N) is 1. The van der Waals surface area contributed by atoms with Gasteiger partial charge >= 0.3 is 6.09 Å². The molecule has 130 valence electrons. The van der Waals surface area contributed by atoms with Crippen LogP contribution in [0.3, 0.4) is 0 Å². The Morgan fingerprint density at radius 3 is 2.52 bits per heavy atom. The summed E-state index contributed by atoms with van der Waals surface area (Å²) in [5.74, 6) is -0.270. The number of fused-ring (bicyclic) bond motifs is 1. The van der Waals surface area contributed by atoms with Gasteiger partial charge in [0.15, 0.2) is 0 Å². The molecule has 0 spiro atoms. The number of hydrogen-bond acceptors (Lipinski definition) is 2. The summed E-state index contributed by atoms with van der Waals surface area (Å²) in [5, 5.41) is 0. The van der Waals surface area contributed by atoms with Crippen LogP contribution in [0.5, 0.6) is 0 Å². The Hall–Kier alpha value is -2.36. The maximum Gasteiger partial charge on any atom is 0.410 e. The summed E-state index contributed by atoms with van der Waals surface area (Å²) in [4.78, 5) is 14.6. The molecule has 1 aliphatic carbocycles. The van der Waals surface area contributed by atoms with Crippen molar-refractivity contribution in [3.8, 4) is 0 Å². The van der Waals surface area contributed by atoms with E-state index >= 15 is 0 Å². The number of rotatable bonds is 2. The summed E-state index contributed by atoms with van der Waals surface area (Å²) >= 11 is 0. The van der Waals surface area contributed by atoms with Crippen LogP contribution in [0.4, 0.5) is 9.18 Å². The molecule has 3 nitrogen and oxygen atoms in total. The van der Waals surface area contributed by atoms with Crippen LogP contribution in [0, 0.1) is 5.82 Å². The van der Waals surface area contributed by atoms with Gasteiger partial charge in [-0.25, -0.2) is 9.18 Å². The monoisotopic (exact) mass is 339 g/mol. The SMILES string of the molecule is O=C(OC1CCCC1)N1CCc2ccccc2[C@H]1c1ccc(F)cc1. The normalized spacial score (nSPS) is 20.4. The summed E-state index contributed by atoms with van der Waals surface area (Å²) in [6.45, 7) is 0.616. The second-order valence-electron chi connectivity index (χ2n) is 6.89. The number of hydrogen-bond donors (Lipinski definition) is 0. The van der Waals surface area contributed by atoms with Gasteiger partial charge in [0, 0.05) is 6.54 Å². The zero-order chi connectivity index (χ0) is 17.2. The third-order valence-electron chi connectivity index (χ3n) is 5.27. The first-order chi connectivity index (χ1) is 12.2. The van der Waals surface area contributed by atoms with Gasteiger partial charge in [-0.3, -0.25) is 4.90 Å². The molecule has 1 fully saturated rings. The van der Waals surface area contributed by atoms with Gasteiger partial charge in [-0.1, -0.05) is 36.4 Å². The van der Waals surface area contributed by atoms with Gasteiger partial charge in [-0.05, 0) is 60.9 Å². The van der Waals surface area contributed by atoms with E-state index in [-0.39, 0.29) is 24.1 Å². The Morgan fingerprint density at radius 1 is 1.04 bits per heavy atom. The smallest absolute Gasteiger partial charge is 0.410 e. The molecule has 2 aliphatic rings. The molecule has 1 heterocycles. The predicted molar refractivity (Wildman–Crippen MR) is 93.8 cm³/mol. The van der Waals surface area contributed by atoms with Gasteiger partial charge in [0.25, 0.3) is 0 Å². The summed E-state index contributed by atoms with van der Waals surface area (Å²) in [6.07, 6.45) is 4.77. The Kier molecular flexibility index (Phi) is 4.43. The molecule has 0 saturated heterocycles. The molecule has 0 unspecified atom stereocenters. The molecule has 1 saturated carbocycles. The molecular weight excluding hydrogens is 317 g/mol. The summed E-state index contributed by atoms with van der Waals surface area (Å²) < 4.78 is 19.1. The number of carbonyl (C=O) groups is 1. The second kappa shape index (κ2) is 6.87. The zero-order valence-electron chi connectivity index (χ0n) is 14.2. The van der Waals surface area contributed by atoms with Crippen molar-refractivity contribution in [2.75, 3.05) is 6.54 Å². The maximum atomic E-state index is 13.4. The van der Waals surface area contributed by atoms with Crippen LogP contribution < -0.4 is 0 Å². The first-order valence-electron chi connectivity index (χ1n) is 9.03. The van der Waals surface area contributed by atoms with Crippen LogP contribution in [0.2, 0.25) is 0 Å². The number of benzene rings is 2. The highest BCUT2D eigenvalue weighted by Gasteiger charge is 2.34. The fourth-order valence-corrected chi connectivity index (χ4v) is 3.98. The predicted octanol–water partition coefficient (Wildman–Crippen LogP) is 4.85. The van der Waals surface area contributed by atoms with Gasteiger partial charge < -0.3 is 4.74 Å². The minimum Gasteiger partial charge on any atom is -0.446 e. The van der Waals surface area contributed by atoms with Crippen LogP contribution in [0.15, 0.2) is 48.5 Å². The molecule has 2 aromatic carbocycles. The number of ether oxygens (including phenoxy) is 1. The van der Waals surface area contributed by atoms with Crippen molar-refractivity contribution in [1.82, 2.24) is 4.90 Å². The number of halogens is 1. The molecule has 1 aliphatic heterocycles. The van der Waals surface area contributed by atoms with Crippen LogP contribution in [-0.4, -0.2) is 23.6 Å². The van der Waals surface area contributed by atoms with E-state index in [0.717, 1.165) is 43.2 Å². The molecular formula is C21H22FNO2. The number of carbonyl (C=O) groups excluding carboxylic acids is 1. The number of amides is 1. The summed E-state index contributed by atoms with van der Waals surface area (Å²) in [5.41, 5.74) is 3.25. The molecule has 25 heavy (non-hydrogen) atoms. The van der Waals surface area contributed by atoms with Crippen molar-refractivity contribution in [2.45, 2.75) is 44.2 Å². The van der Waals surface area contributed by atoms with Crippen LogP contribution in [0.1, 0.15) is 48.4 Å². The van der Waals surface area contributed by atoms with E-state index in [4.69, 9.17) is 4.74 Å². The topological polar surface area (TPSA) is 29.5 Å². The summed E-state index contributed by atoms with van der Waals surface area (Å²) in [6, 6.07) is 14.4. The molecule has 0 bridgehead atoms. The van der Waals surface area contributed by atoms with Crippen molar-refractivity contribution in [3.05, 3.63) is 71.0 Å². The minimum atomic E-state index is -0.270. The molecule has 0 N–H and O–H groups in total. The van der Waals surface area contributed by atoms with Crippen molar-refractivity contribution in [3.63, 3.8) is 0 Å². The zero-order valence-corrected chi connectivity index (χ0v) is 14.2. The Bertz CT molecular complexity index is 753. The molecule has 1 atom stereocenters. The molecule has 4 heteroatoms. The first-order valence-corrected chi connectivity index (χ1v) is 9.03. The molecule has 1 amide bonds. The van der Waals surface area contributed by atoms with E-state index < -0.39 is 0 Å². The average molecular weight is 339 g/mol. The standard InChI is InChI=1S/C21H22FNO2/c22-17-11-9-16(10-12-17)20-19-8-4-1-5-15(19)13-14-23(20)21(24)25-18-6-2-3-7-18/h1,4-5,8-12,18,20H,2-3,6-7,13-14H2/t20-/m1/s1. The molecule has 2 aromatic rings. The van der Waals surface area contributed by atoms with Crippen LogP contribution in [0.25, 0.3) is 0 Å². The van der Waals surface area contributed by atoms with E-state index in [9.17, 15) is 9.18 Å². The molecule has 0 radical (unpaired) electrons. The van der Waals surface area contributed by atoms with Crippen molar-refractivity contribution >= 4 is 6.09 Å². The maximum absolute atomic E-state index is 13.4. The van der Waals surface area contributed by atoms with Crippen molar-refractivity contribution in [1.29, 1.82) is 0 Å². The minimum absolute atomic E-state index is 0.0403. The highest BCUT2D eigenvalue weighted by Crippen LogP contribution is 2.36. The van der Waals surface area contributed by atoms with E-state index in [1.54, 1.807) is 17.0 Å². The lowest BCUT2D eigenvalue weighted by Crippen LogP contribution is -2.42. The largest absolute Gasteiger partial charge is 0.446 e. The highest BCUT2D eigenvalue weighted by molar-refractivity contribution is 5.70. The van der Waals surface area contributed by atoms with Crippen LogP contribution >= 0.6 is 0 Å². The van der Waals surface area contributed by atoms with E-state index in [1.807, 2.05) is 12.1 Å². The average Bonchev–Trinajstić information content (AvgIpc) is 3.14. The lowest BCUT2D eigenvalue weighted by molar-refractivity contribution is 0.0555. The van der Waals surface area contributed by atoms with E-state index in [0.29, 0.717) is 6.54 Å². The lowest BCUT2D eigenvalue weighted by atomic mass is 9.88. The highest BCUT2D eigenvalue weighted by atomic mass is 19.1. The third-order valence-corrected chi connectivity index (χ3v) is 5.27. The van der Waals surface area contributed by atoms with Crippen LogP contribution in [-0.2, 0) is 11.2 Å². The van der Waals surface area contributed by atoms with E-state index in [1.165, 1.54) is 17.7 Å². The fraction of sp³-hybridized carbons (Fsp3) is 0.381. The van der Waals surface area contributed by atoms with Gasteiger partial charge in [0.1, 0.15) is 11.9 Å². The first kappa shape index (κ1) is 16.1. The molecule has 4 rings (SSSR count). The Morgan fingerprint density at radius 2 is 1.76 bits per heavy atom.